The third-order valence-corrected chi connectivity index (χ3v) is 6.79. The Balaban J connectivity index is 0.00000117. The number of unbranched alkanes of at least 4 members (excludes halogenated alkanes) is 2. The van der Waals surface area contributed by atoms with Gasteiger partial charge in [0.2, 0.25) is 5.95 Å². The molecule has 0 amide bonds. The van der Waals surface area contributed by atoms with Crippen molar-refractivity contribution < 1.29 is 0 Å². The normalized spacial score (nSPS) is 21.4. The SMILES string of the molecule is CC.CCCCCN1CCCc2nc(N3CCN(C4CCC4)CC3)ncc2CC1. The van der Waals surface area contributed by atoms with E-state index in [2.05, 4.69) is 27.8 Å². The van der Waals surface area contributed by atoms with Gasteiger partial charge in [-0.1, -0.05) is 40.0 Å². The molecule has 164 valence electrons. The molecule has 0 aromatic carbocycles. The zero-order valence-corrected chi connectivity index (χ0v) is 19.2. The first-order valence-corrected chi connectivity index (χ1v) is 12.4. The highest BCUT2D eigenvalue weighted by Crippen LogP contribution is 2.26. The average Bonchev–Trinajstić information content (AvgIpc) is 2.71. The van der Waals surface area contributed by atoms with Crippen LogP contribution in [0.4, 0.5) is 5.95 Å². The van der Waals surface area contributed by atoms with Crippen molar-refractivity contribution in [1.29, 1.82) is 0 Å². The molecule has 1 aromatic heterocycles. The van der Waals surface area contributed by atoms with Crippen molar-refractivity contribution >= 4 is 5.95 Å². The van der Waals surface area contributed by atoms with E-state index in [1.807, 2.05) is 13.8 Å². The maximum Gasteiger partial charge on any atom is 0.225 e. The molecule has 0 radical (unpaired) electrons. The fourth-order valence-corrected chi connectivity index (χ4v) is 4.72. The molecule has 3 heterocycles. The number of nitrogens with zero attached hydrogens (tertiary/aromatic N) is 5. The van der Waals surface area contributed by atoms with Gasteiger partial charge in [-0.2, -0.15) is 0 Å². The molecule has 0 spiro atoms. The van der Waals surface area contributed by atoms with Crippen LogP contribution in [-0.4, -0.2) is 71.6 Å². The second kappa shape index (κ2) is 11.8. The number of aromatic nitrogens is 2. The Hall–Kier alpha value is -1.20. The van der Waals surface area contributed by atoms with Crippen LogP contribution in [-0.2, 0) is 12.8 Å². The molecule has 1 saturated heterocycles. The van der Waals surface area contributed by atoms with Gasteiger partial charge in [0, 0.05) is 50.7 Å². The molecule has 2 aliphatic heterocycles. The Labute approximate surface area is 178 Å². The van der Waals surface area contributed by atoms with E-state index in [4.69, 9.17) is 9.97 Å². The minimum absolute atomic E-state index is 0.865. The molecule has 3 aliphatic rings. The average molecular weight is 402 g/mol. The molecule has 2 fully saturated rings. The highest BCUT2D eigenvalue weighted by Gasteiger charge is 2.28. The maximum absolute atomic E-state index is 5.02. The Bertz CT molecular complexity index is 593. The number of hydrogen-bond acceptors (Lipinski definition) is 5. The van der Waals surface area contributed by atoms with Crippen LogP contribution in [0.15, 0.2) is 6.20 Å². The minimum atomic E-state index is 0.865. The summed E-state index contributed by atoms with van der Waals surface area (Å²) in [7, 11) is 0. The van der Waals surface area contributed by atoms with Crippen LogP contribution in [0.5, 0.6) is 0 Å². The Morgan fingerprint density at radius 2 is 1.72 bits per heavy atom. The van der Waals surface area contributed by atoms with Crippen LogP contribution in [0, 0.1) is 0 Å². The van der Waals surface area contributed by atoms with Crippen molar-refractivity contribution in [2.24, 2.45) is 0 Å². The third-order valence-electron chi connectivity index (χ3n) is 6.79. The molecule has 0 bridgehead atoms. The van der Waals surface area contributed by atoms with Crippen molar-refractivity contribution in [3.05, 3.63) is 17.5 Å². The lowest BCUT2D eigenvalue weighted by Gasteiger charge is -2.43. The van der Waals surface area contributed by atoms with Gasteiger partial charge in [-0.25, -0.2) is 9.97 Å². The predicted octanol–water partition coefficient (Wildman–Crippen LogP) is 4.16. The van der Waals surface area contributed by atoms with Gasteiger partial charge in [0.05, 0.1) is 0 Å². The smallest absolute Gasteiger partial charge is 0.225 e. The van der Waals surface area contributed by atoms with E-state index in [0.29, 0.717) is 0 Å². The molecule has 29 heavy (non-hydrogen) atoms. The van der Waals surface area contributed by atoms with Gasteiger partial charge >= 0.3 is 0 Å². The monoisotopic (exact) mass is 401 g/mol. The Morgan fingerprint density at radius 1 is 0.931 bits per heavy atom. The lowest BCUT2D eigenvalue weighted by atomic mass is 9.91. The molecule has 5 nitrogen and oxygen atoms in total. The van der Waals surface area contributed by atoms with Crippen molar-refractivity contribution in [2.75, 3.05) is 50.7 Å². The highest BCUT2D eigenvalue weighted by atomic mass is 15.3. The van der Waals surface area contributed by atoms with Crippen LogP contribution in [0.2, 0.25) is 0 Å². The van der Waals surface area contributed by atoms with Gasteiger partial charge in [0.15, 0.2) is 0 Å². The summed E-state index contributed by atoms with van der Waals surface area (Å²) >= 11 is 0. The van der Waals surface area contributed by atoms with Gasteiger partial charge in [-0.15, -0.1) is 0 Å². The van der Waals surface area contributed by atoms with Crippen LogP contribution in [0.1, 0.15) is 77.0 Å². The van der Waals surface area contributed by atoms with Gasteiger partial charge in [-0.05, 0) is 57.2 Å². The van der Waals surface area contributed by atoms with Gasteiger partial charge < -0.3 is 9.80 Å². The molecule has 0 atom stereocenters. The van der Waals surface area contributed by atoms with E-state index >= 15 is 0 Å². The van der Waals surface area contributed by atoms with Gasteiger partial charge in [0.1, 0.15) is 0 Å². The lowest BCUT2D eigenvalue weighted by Crippen LogP contribution is -2.52. The second-order valence-electron chi connectivity index (χ2n) is 8.65. The standard InChI is InChI=1S/C22H37N5.C2H6/c1-2-3-4-11-25-12-6-9-21-19(10-13-25)18-23-22(24-21)27-16-14-26(15-17-27)20-7-5-8-20;1-2/h18,20H,2-17H2,1H3;1-2H3. The first-order chi connectivity index (χ1) is 14.3. The molecule has 0 unspecified atom stereocenters. The number of hydrogen-bond donors (Lipinski definition) is 0. The maximum atomic E-state index is 5.02. The number of fused-ring (bicyclic) bond motifs is 1. The molecular formula is C24H43N5. The van der Waals surface area contributed by atoms with E-state index in [0.717, 1.165) is 37.9 Å². The van der Waals surface area contributed by atoms with Crippen LogP contribution in [0.3, 0.4) is 0 Å². The molecular weight excluding hydrogens is 358 g/mol. The summed E-state index contributed by atoms with van der Waals surface area (Å²) < 4.78 is 0. The number of piperazine rings is 1. The number of anilines is 1. The zero-order chi connectivity index (χ0) is 20.5. The second-order valence-corrected chi connectivity index (χ2v) is 8.65. The molecule has 1 aliphatic carbocycles. The van der Waals surface area contributed by atoms with Crippen LogP contribution >= 0.6 is 0 Å². The highest BCUT2D eigenvalue weighted by molar-refractivity contribution is 5.34. The molecule has 1 aromatic rings. The third kappa shape index (κ3) is 6.14. The molecule has 0 N–H and O–H groups in total. The van der Waals surface area contributed by atoms with Crippen molar-refractivity contribution in [3.63, 3.8) is 0 Å². The summed E-state index contributed by atoms with van der Waals surface area (Å²) in [6.07, 6.45) is 13.8. The summed E-state index contributed by atoms with van der Waals surface area (Å²) in [6.45, 7) is 14.5. The lowest BCUT2D eigenvalue weighted by molar-refractivity contribution is 0.120. The summed E-state index contributed by atoms with van der Waals surface area (Å²) in [5.41, 5.74) is 2.70. The summed E-state index contributed by atoms with van der Waals surface area (Å²) in [4.78, 5) is 17.5. The number of rotatable bonds is 6. The van der Waals surface area contributed by atoms with Gasteiger partial charge in [0.25, 0.3) is 0 Å². The molecule has 1 saturated carbocycles. The van der Waals surface area contributed by atoms with Crippen molar-refractivity contribution in [1.82, 2.24) is 19.8 Å². The first-order valence-electron chi connectivity index (χ1n) is 12.4. The van der Waals surface area contributed by atoms with Gasteiger partial charge in [-0.3, -0.25) is 4.90 Å². The van der Waals surface area contributed by atoms with E-state index in [1.165, 1.54) is 88.9 Å². The predicted molar refractivity (Wildman–Crippen MR) is 123 cm³/mol. The van der Waals surface area contributed by atoms with Crippen LogP contribution in [0.25, 0.3) is 0 Å². The molecule has 4 rings (SSSR count). The topological polar surface area (TPSA) is 35.5 Å². The zero-order valence-electron chi connectivity index (χ0n) is 19.2. The number of aryl methyl sites for hydroxylation is 1. The van der Waals surface area contributed by atoms with Crippen LogP contribution < -0.4 is 4.90 Å². The fraction of sp³-hybridized carbons (Fsp3) is 0.833. The summed E-state index contributed by atoms with van der Waals surface area (Å²) in [6, 6.07) is 0.865. The first kappa shape index (κ1) is 22.5. The Kier molecular flexibility index (Phi) is 9.19. The van der Waals surface area contributed by atoms with E-state index in [9.17, 15) is 0 Å². The largest absolute Gasteiger partial charge is 0.338 e. The summed E-state index contributed by atoms with van der Waals surface area (Å²) in [5, 5.41) is 0. The minimum Gasteiger partial charge on any atom is -0.338 e. The van der Waals surface area contributed by atoms with E-state index in [1.54, 1.807) is 0 Å². The quantitative estimate of drug-likeness (QED) is 0.669. The van der Waals surface area contributed by atoms with E-state index < -0.39 is 0 Å². The van der Waals surface area contributed by atoms with E-state index in [-0.39, 0.29) is 0 Å². The summed E-state index contributed by atoms with van der Waals surface area (Å²) in [5.74, 6) is 0.974. The fourth-order valence-electron chi connectivity index (χ4n) is 4.72. The van der Waals surface area contributed by atoms with Crippen molar-refractivity contribution in [2.45, 2.75) is 84.6 Å². The van der Waals surface area contributed by atoms with Crippen molar-refractivity contribution in [3.8, 4) is 0 Å². The molecule has 5 heteroatoms. The Morgan fingerprint density at radius 3 is 2.41 bits per heavy atom.